The van der Waals surface area contributed by atoms with E-state index in [0.717, 1.165) is 0 Å². The number of benzene rings is 1. The van der Waals surface area contributed by atoms with E-state index in [1.807, 2.05) is 0 Å². The molecule has 0 saturated heterocycles. The smallest absolute Gasteiger partial charge is 0.199 e. The molecule has 1 aromatic rings. The molecule has 0 atom stereocenters. The second-order valence-electron chi connectivity index (χ2n) is 2.83. The molecule has 0 aliphatic carbocycles. The van der Waals surface area contributed by atoms with Gasteiger partial charge in [0.25, 0.3) is 0 Å². The van der Waals surface area contributed by atoms with Gasteiger partial charge < -0.3 is 4.72 Å². The van der Waals surface area contributed by atoms with Gasteiger partial charge in [-0.15, -0.1) is 0 Å². The lowest BCUT2D eigenvalue weighted by atomic mass is 10.2. The minimum Gasteiger partial charge on any atom is -0.314 e. The van der Waals surface area contributed by atoms with Crippen LogP contribution in [0.4, 0.5) is 23.2 Å². The average molecular weight is 236 g/mol. The third-order valence-corrected chi connectivity index (χ3v) is 2.75. The molecule has 1 aliphatic heterocycles. The van der Waals surface area contributed by atoms with E-state index in [1.54, 1.807) is 0 Å². The summed E-state index contributed by atoms with van der Waals surface area (Å²) in [6.45, 7) is 1.49. The molecular formula is C8H4F4N2S. The summed E-state index contributed by atoms with van der Waals surface area (Å²) < 4.78 is 54.4. The van der Waals surface area contributed by atoms with Crippen LogP contribution in [0.2, 0.25) is 0 Å². The highest BCUT2D eigenvalue weighted by atomic mass is 32.2. The van der Waals surface area contributed by atoms with Crippen molar-refractivity contribution in [3.63, 3.8) is 0 Å². The molecule has 80 valence electrons. The predicted octanol–water partition coefficient (Wildman–Crippen LogP) is 2.90. The zero-order valence-electron chi connectivity index (χ0n) is 7.37. The Morgan fingerprint density at radius 1 is 1.00 bits per heavy atom. The number of nitrogens with one attached hydrogen (secondary N) is 1. The second kappa shape index (κ2) is 3.41. The predicted molar refractivity (Wildman–Crippen MR) is 48.0 cm³/mol. The Morgan fingerprint density at radius 3 is 2.27 bits per heavy atom. The zero-order chi connectivity index (χ0) is 11.2. The van der Waals surface area contributed by atoms with Gasteiger partial charge in [0, 0.05) is 0 Å². The SMILES string of the molecule is CC1=Nc2c(F)c(F)c(F)c(F)c2SN1. The van der Waals surface area contributed by atoms with Crippen LogP contribution >= 0.6 is 11.9 Å². The maximum Gasteiger partial charge on any atom is 0.199 e. The largest absolute Gasteiger partial charge is 0.314 e. The van der Waals surface area contributed by atoms with Crippen LogP contribution in [0.5, 0.6) is 0 Å². The maximum absolute atomic E-state index is 13.2. The summed E-state index contributed by atoms with van der Waals surface area (Å²) in [4.78, 5) is 3.19. The van der Waals surface area contributed by atoms with E-state index in [2.05, 4.69) is 9.71 Å². The molecule has 2 nitrogen and oxygen atoms in total. The summed E-state index contributed by atoms with van der Waals surface area (Å²) >= 11 is 0.658. The molecule has 2 rings (SSSR count). The second-order valence-corrected chi connectivity index (χ2v) is 3.65. The Kier molecular flexibility index (Phi) is 2.34. The molecule has 0 unspecified atom stereocenters. The molecule has 0 radical (unpaired) electrons. The Morgan fingerprint density at radius 2 is 1.60 bits per heavy atom. The lowest BCUT2D eigenvalue weighted by Gasteiger charge is -2.15. The molecule has 0 fully saturated rings. The van der Waals surface area contributed by atoms with E-state index in [4.69, 9.17) is 0 Å². The van der Waals surface area contributed by atoms with E-state index < -0.39 is 29.0 Å². The first-order chi connectivity index (χ1) is 7.02. The number of hydrogen-bond acceptors (Lipinski definition) is 3. The third kappa shape index (κ3) is 1.46. The van der Waals surface area contributed by atoms with Crippen molar-refractivity contribution in [2.24, 2.45) is 4.99 Å². The van der Waals surface area contributed by atoms with Crippen molar-refractivity contribution in [2.45, 2.75) is 11.8 Å². The summed E-state index contributed by atoms with van der Waals surface area (Å²) in [5.41, 5.74) is -0.507. The van der Waals surface area contributed by atoms with Gasteiger partial charge in [-0.3, -0.25) is 0 Å². The van der Waals surface area contributed by atoms with Crippen molar-refractivity contribution < 1.29 is 17.6 Å². The molecule has 1 N–H and O–H groups in total. The lowest BCUT2D eigenvalue weighted by molar-refractivity contribution is 0.400. The lowest BCUT2D eigenvalue weighted by Crippen LogP contribution is -2.16. The molecular weight excluding hydrogens is 232 g/mol. The average Bonchev–Trinajstić information content (AvgIpc) is 2.23. The van der Waals surface area contributed by atoms with Crippen LogP contribution in [0.1, 0.15) is 6.92 Å². The minimum atomic E-state index is -1.84. The summed E-state index contributed by atoms with van der Waals surface area (Å²) in [6, 6.07) is 0. The van der Waals surface area contributed by atoms with E-state index in [0.29, 0.717) is 11.9 Å². The first-order valence-corrected chi connectivity index (χ1v) is 4.68. The highest BCUT2D eigenvalue weighted by Crippen LogP contribution is 2.38. The standard InChI is InChI=1S/C8H4F4N2S/c1-2-13-7-5(11)3(9)4(10)6(12)8(7)15-14-2/h1H3,(H,13,14). The Hall–Kier alpha value is -1.24. The van der Waals surface area contributed by atoms with E-state index in [1.165, 1.54) is 6.92 Å². The van der Waals surface area contributed by atoms with Gasteiger partial charge in [-0.25, -0.2) is 22.6 Å². The fourth-order valence-electron chi connectivity index (χ4n) is 1.11. The quantitative estimate of drug-likeness (QED) is 0.324. The first kappa shape index (κ1) is 10.3. The topological polar surface area (TPSA) is 24.4 Å². The molecule has 7 heteroatoms. The van der Waals surface area contributed by atoms with Crippen LogP contribution in [0.25, 0.3) is 0 Å². The normalized spacial score (nSPS) is 14.3. The van der Waals surface area contributed by atoms with Crippen LogP contribution < -0.4 is 4.72 Å². The maximum atomic E-state index is 13.2. The van der Waals surface area contributed by atoms with Crippen molar-refractivity contribution >= 4 is 23.5 Å². The number of fused-ring (bicyclic) bond motifs is 1. The van der Waals surface area contributed by atoms with Crippen LogP contribution in [0.15, 0.2) is 9.89 Å². The first-order valence-electron chi connectivity index (χ1n) is 3.86. The fraction of sp³-hybridized carbons (Fsp3) is 0.125. The fourth-order valence-corrected chi connectivity index (χ4v) is 1.81. The summed E-state index contributed by atoms with van der Waals surface area (Å²) in [5, 5.41) is 0. The van der Waals surface area contributed by atoms with E-state index in [9.17, 15) is 17.6 Å². The van der Waals surface area contributed by atoms with Gasteiger partial charge in [-0.05, 0) is 18.9 Å². The number of aliphatic imine (C=N–C) groups is 1. The zero-order valence-corrected chi connectivity index (χ0v) is 8.18. The molecule has 1 aromatic carbocycles. The van der Waals surface area contributed by atoms with Gasteiger partial charge >= 0.3 is 0 Å². The number of amidine groups is 1. The number of halogens is 4. The van der Waals surface area contributed by atoms with Gasteiger partial charge in [0.15, 0.2) is 23.3 Å². The molecule has 1 aliphatic rings. The van der Waals surface area contributed by atoms with Gasteiger partial charge in [0.1, 0.15) is 11.5 Å². The minimum absolute atomic E-state index is 0.289. The van der Waals surface area contributed by atoms with Crippen LogP contribution in [-0.2, 0) is 0 Å². The number of rotatable bonds is 0. The monoisotopic (exact) mass is 236 g/mol. The van der Waals surface area contributed by atoms with Crippen LogP contribution in [0.3, 0.4) is 0 Å². The molecule has 0 amide bonds. The number of nitrogens with zero attached hydrogens (tertiary/aromatic N) is 1. The Balaban J connectivity index is 2.78. The van der Waals surface area contributed by atoms with Gasteiger partial charge in [-0.1, -0.05) is 0 Å². The highest BCUT2D eigenvalue weighted by Gasteiger charge is 2.27. The van der Waals surface area contributed by atoms with Crippen LogP contribution in [0, 0.1) is 23.3 Å². The molecule has 0 bridgehead atoms. The Bertz CT molecular complexity index is 472. The van der Waals surface area contributed by atoms with Gasteiger partial charge in [0.05, 0.1) is 4.90 Å². The molecule has 0 saturated carbocycles. The Labute approximate surface area is 86.5 Å². The molecule has 15 heavy (non-hydrogen) atoms. The molecule has 0 spiro atoms. The summed E-state index contributed by atoms with van der Waals surface area (Å²) in [5.74, 6) is -6.28. The number of hydrogen-bond donors (Lipinski definition) is 1. The van der Waals surface area contributed by atoms with E-state index in [-0.39, 0.29) is 10.7 Å². The van der Waals surface area contributed by atoms with Crippen molar-refractivity contribution in [2.75, 3.05) is 0 Å². The van der Waals surface area contributed by atoms with Crippen LogP contribution in [-0.4, -0.2) is 5.84 Å². The highest BCUT2D eigenvalue weighted by molar-refractivity contribution is 7.98. The van der Waals surface area contributed by atoms with Crippen molar-refractivity contribution in [3.8, 4) is 0 Å². The van der Waals surface area contributed by atoms with Crippen molar-refractivity contribution in [1.29, 1.82) is 0 Å². The van der Waals surface area contributed by atoms with Gasteiger partial charge in [-0.2, -0.15) is 0 Å². The van der Waals surface area contributed by atoms with Gasteiger partial charge in [0.2, 0.25) is 0 Å². The van der Waals surface area contributed by atoms with Crippen molar-refractivity contribution in [1.82, 2.24) is 4.72 Å². The molecule has 0 aromatic heterocycles. The summed E-state index contributed by atoms with van der Waals surface area (Å²) in [7, 11) is 0. The van der Waals surface area contributed by atoms with Crippen molar-refractivity contribution in [3.05, 3.63) is 23.3 Å². The third-order valence-electron chi connectivity index (χ3n) is 1.78. The van der Waals surface area contributed by atoms with E-state index >= 15 is 0 Å². The molecule has 1 heterocycles. The summed E-state index contributed by atoms with van der Waals surface area (Å²) in [6.07, 6.45) is 0.